The molecule has 2 aromatic heterocycles. The van der Waals surface area contributed by atoms with Crippen molar-refractivity contribution in [3.05, 3.63) is 30.0 Å². The van der Waals surface area contributed by atoms with Gasteiger partial charge in [-0.3, -0.25) is 0 Å². The molecule has 9 heteroatoms. The van der Waals surface area contributed by atoms with E-state index in [0.29, 0.717) is 21.9 Å². The highest BCUT2D eigenvalue weighted by molar-refractivity contribution is 7.98. The fourth-order valence-corrected chi connectivity index (χ4v) is 3.22. The summed E-state index contributed by atoms with van der Waals surface area (Å²) in [5.41, 5.74) is 0.243. The van der Waals surface area contributed by atoms with Gasteiger partial charge in [-0.1, -0.05) is 32.5 Å². The molecular weight excluding hydrogens is 422 g/mol. The van der Waals surface area contributed by atoms with E-state index in [0.717, 1.165) is 0 Å². The van der Waals surface area contributed by atoms with Crippen molar-refractivity contribution < 1.29 is 18.3 Å². The fourth-order valence-electron chi connectivity index (χ4n) is 2.88. The molecule has 0 saturated carbocycles. The van der Waals surface area contributed by atoms with Gasteiger partial charge in [0.15, 0.2) is 34.1 Å². The second-order valence-corrected chi connectivity index (χ2v) is 8.94. The first-order valence-electron chi connectivity index (χ1n) is 9.69. The van der Waals surface area contributed by atoms with Crippen molar-refractivity contribution in [3.8, 4) is 22.8 Å². The van der Waals surface area contributed by atoms with Gasteiger partial charge in [-0.2, -0.15) is 0 Å². The number of hydrogen-bond donors (Lipinski definition) is 1. The van der Waals surface area contributed by atoms with Crippen LogP contribution in [0.3, 0.4) is 0 Å². The van der Waals surface area contributed by atoms with Crippen LogP contribution in [-0.2, 0) is 0 Å². The lowest BCUT2D eigenvalue weighted by atomic mass is 9.88. The molecule has 31 heavy (non-hydrogen) atoms. The fraction of sp³-hybridized carbons (Fsp3) is 0.409. The predicted octanol–water partition coefficient (Wildman–Crippen LogP) is 5.56. The maximum atomic E-state index is 15.1. The minimum absolute atomic E-state index is 0.000634. The zero-order valence-corrected chi connectivity index (χ0v) is 19.4. The van der Waals surface area contributed by atoms with E-state index in [-0.39, 0.29) is 34.2 Å². The maximum Gasteiger partial charge on any atom is 0.187 e. The van der Waals surface area contributed by atoms with Crippen molar-refractivity contribution in [1.82, 2.24) is 15.0 Å². The SMILES string of the molecule is COc1cc(OC)c(F)c(-c2cc3cnc(SC)nc3c(N[C@@H](C)C(C)(C)C)n2)c1F. The molecule has 0 fully saturated rings. The molecule has 0 spiro atoms. The first-order chi connectivity index (χ1) is 14.6. The Hall–Kier alpha value is -2.68. The van der Waals surface area contributed by atoms with Crippen molar-refractivity contribution in [1.29, 1.82) is 0 Å². The first kappa shape index (κ1) is 23.0. The Labute approximate surface area is 184 Å². The Bertz CT molecular complexity index is 1090. The normalized spacial score (nSPS) is 12.7. The van der Waals surface area contributed by atoms with Crippen LogP contribution >= 0.6 is 11.8 Å². The summed E-state index contributed by atoms with van der Waals surface area (Å²) in [6, 6.07) is 2.73. The molecule has 3 aromatic rings. The number of hydrogen-bond acceptors (Lipinski definition) is 7. The zero-order chi connectivity index (χ0) is 22.9. The summed E-state index contributed by atoms with van der Waals surface area (Å²) in [4.78, 5) is 13.4. The van der Waals surface area contributed by atoms with Gasteiger partial charge in [-0.05, 0) is 24.7 Å². The third-order valence-electron chi connectivity index (χ3n) is 5.21. The number of ether oxygens (including phenoxy) is 2. The number of benzene rings is 1. The van der Waals surface area contributed by atoms with E-state index in [2.05, 4.69) is 41.0 Å². The summed E-state index contributed by atoms with van der Waals surface area (Å²) in [6.45, 7) is 8.29. The van der Waals surface area contributed by atoms with Crippen molar-refractivity contribution in [2.75, 3.05) is 25.8 Å². The Morgan fingerprint density at radius 3 is 2.16 bits per heavy atom. The van der Waals surface area contributed by atoms with Gasteiger partial charge in [0.25, 0.3) is 0 Å². The van der Waals surface area contributed by atoms with Crippen molar-refractivity contribution in [3.63, 3.8) is 0 Å². The summed E-state index contributed by atoms with van der Waals surface area (Å²) >= 11 is 1.40. The molecular formula is C22H26F2N4O2S. The monoisotopic (exact) mass is 448 g/mol. The van der Waals surface area contributed by atoms with Crippen LogP contribution in [-0.4, -0.2) is 41.5 Å². The number of aromatic nitrogens is 3. The Morgan fingerprint density at radius 1 is 1.03 bits per heavy atom. The summed E-state index contributed by atoms with van der Waals surface area (Å²) in [5, 5.41) is 4.55. The van der Waals surface area contributed by atoms with E-state index in [9.17, 15) is 0 Å². The molecule has 1 N–H and O–H groups in total. The average molecular weight is 449 g/mol. The number of fused-ring (bicyclic) bond motifs is 1. The third kappa shape index (κ3) is 4.51. The molecule has 0 aliphatic carbocycles. The van der Waals surface area contributed by atoms with Gasteiger partial charge in [0.2, 0.25) is 0 Å². The summed E-state index contributed by atoms with van der Waals surface area (Å²) in [7, 11) is 2.62. The minimum atomic E-state index is -0.857. The highest BCUT2D eigenvalue weighted by atomic mass is 32.2. The minimum Gasteiger partial charge on any atom is -0.494 e. The van der Waals surface area contributed by atoms with Crippen LogP contribution in [0.5, 0.6) is 11.5 Å². The molecule has 0 bridgehead atoms. The lowest BCUT2D eigenvalue weighted by molar-refractivity contribution is 0.358. The molecule has 6 nitrogen and oxygen atoms in total. The van der Waals surface area contributed by atoms with Gasteiger partial charge in [-0.15, -0.1) is 0 Å². The quantitative estimate of drug-likeness (QED) is 0.391. The molecule has 0 unspecified atom stereocenters. The van der Waals surface area contributed by atoms with Crippen LogP contribution in [0.4, 0.5) is 14.6 Å². The molecule has 2 heterocycles. The third-order valence-corrected chi connectivity index (χ3v) is 5.77. The Balaban J connectivity index is 2.30. The number of pyridine rings is 1. The van der Waals surface area contributed by atoms with E-state index in [4.69, 9.17) is 9.47 Å². The largest absolute Gasteiger partial charge is 0.494 e. The zero-order valence-electron chi connectivity index (χ0n) is 18.6. The summed E-state index contributed by atoms with van der Waals surface area (Å²) in [5.74, 6) is -1.56. The highest BCUT2D eigenvalue weighted by Crippen LogP contribution is 2.39. The van der Waals surface area contributed by atoms with E-state index in [1.54, 1.807) is 12.3 Å². The van der Waals surface area contributed by atoms with Crippen LogP contribution in [0, 0.1) is 17.0 Å². The second-order valence-electron chi connectivity index (χ2n) is 8.17. The number of anilines is 1. The Morgan fingerprint density at radius 2 is 1.65 bits per heavy atom. The van der Waals surface area contributed by atoms with Crippen molar-refractivity contribution in [2.45, 2.75) is 38.9 Å². The number of methoxy groups -OCH3 is 2. The molecule has 1 atom stereocenters. The van der Waals surface area contributed by atoms with Gasteiger partial charge in [0, 0.05) is 23.7 Å². The van der Waals surface area contributed by atoms with E-state index >= 15 is 8.78 Å². The molecule has 166 valence electrons. The van der Waals surface area contributed by atoms with Gasteiger partial charge in [-0.25, -0.2) is 23.7 Å². The number of rotatable bonds is 6. The highest BCUT2D eigenvalue weighted by Gasteiger charge is 2.26. The van der Waals surface area contributed by atoms with E-state index < -0.39 is 11.6 Å². The number of thioether (sulfide) groups is 1. The number of nitrogens with zero attached hydrogens (tertiary/aromatic N) is 3. The molecule has 3 rings (SSSR count). The van der Waals surface area contributed by atoms with Crippen molar-refractivity contribution in [2.24, 2.45) is 5.41 Å². The molecule has 0 amide bonds. The van der Waals surface area contributed by atoms with Crippen LogP contribution in [0.25, 0.3) is 22.2 Å². The van der Waals surface area contributed by atoms with Crippen LogP contribution in [0.2, 0.25) is 0 Å². The summed E-state index contributed by atoms with van der Waals surface area (Å²) in [6.07, 6.45) is 3.50. The van der Waals surface area contributed by atoms with Crippen LogP contribution in [0.15, 0.2) is 23.5 Å². The second kappa shape index (κ2) is 8.82. The summed E-state index contributed by atoms with van der Waals surface area (Å²) < 4.78 is 40.4. The molecule has 1 aromatic carbocycles. The first-order valence-corrected chi connectivity index (χ1v) is 10.9. The lowest BCUT2D eigenvalue weighted by Gasteiger charge is -2.29. The molecule has 0 aliphatic rings. The predicted molar refractivity (Wildman–Crippen MR) is 120 cm³/mol. The standard InChI is InChI=1S/C22H26F2N4O2S/c1-11(22(2,3)4)26-20-19-12(10-25-21(28-19)31-7)8-13(27-20)16-17(23)14(29-5)9-15(30-6)18(16)24/h8-11H,1-7H3,(H,26,27)/t11-/m0/s1. The van der Waals surface area contributed by atoms with Crippen LogP contribution < -0.4 is 14.8 Å². The molecule has 0 radical (unpaired) electrons. The molecule has 0 aliphatic heterocycles. The number of halogens is 2. The van der Waals surface area contributed by atoms with Gasteiger partial charge >= 0.3 is 0 Å². The average Bonchev–Trinajstić information content (AvgIpc) is 2.73. The molecule has 0 saturated heterocycles. The maximum absolute atomic E-state index is 15.1. The van der Waals surface area contributed by atoms with Crippen molar-refractivity contribution >= 4 is 28.5 Å². The lowest BCUT2D eigenvalue weighted by Crippen LogP contribution is -2.31. The van der Waals surface area contributed by atoms with Gasteiger partial charge < -0.3 is 14.8 Å². The van der Waals surface area contributed by atoms with Crippen LogP contribution in [0.1, 0.15) is 27.7 Å². The van der Waals surface area contributed by atoms with E-state index in [1.807, 2.05) is 13.2 Å². The number of nitrogens with one attached hydrogen (secondary N) is 1. The van der Waals surface area contributed by atoms with Gasteiger partial charge in [0.1, 0.15) is 5.52 Å². The van der Waals surface area contributed by atoms with Gasteiger partial charge in [0.05, 0.1) is 25.5 Å². The smallest absolute Gasteiger partial charge is 0.187 e. The Kier molecular flexibility index (Phi) is 6.54. The van der Waals surface area contributed by atoms with E-state index in [1.165, 1.54) is 32.0 Å². The topological polar surface area (TPSA) is 69.2 Å².